The zero-order chi connectivity index (χ0) is 14.8. The molecule has 20 heavy (non-hydrogen) atoms. The number of hydrogen-bond acceptors (Lipinski definition) is 4. The van der Waals surface area contributed by atoms with Crippen LogP contribution in [0.5, 0.6) is 11.5 Å². The van der Waals surface area contributed by atoms with Gasteiger partial charge in [0.15, 0.2) is 17.3 Å². The van der Waals surface area contributed by atoms with Crippen LogP contribution in [0.25, 0.3) is 0 Å². The molecule has 0 saturated heterocycles. The molecule has 0 spiro atoms. The average molecular weight is 278 g/mol. The third kappa shape index (κ3) is 4.40. The first-order valence-corrected chi connectivity index (χ1v) is 6.33. The summed E-state index contributed by atoms with van der Waals surface area (Å²) in [7, 11) is 6.54. The van der Waals surface area contributed by atoms with Gasteiger partial charge >= 0.3 is 0 Å². The van der Waals surface area contributed by atoms with Crippen LogP contribution in [0.1, 0.15) is 6.42 Å². The van der Waals surface area contributed by atoms with E-state index in [-0.39, 0.29) is 0 Å². The van der Waals surface area contributed by atoms with Crippen LogP contribution < -0.4 is 9.47 Å². The smallest absolute Gasteiger partial charge is 0.190 e. The Balaban J connectivity index is 0.000000200. The van der Waals surface area contributed by atoms with E-state index in [0.717, 1.165) is 17.9 Å². The van der Waals surface area contributed by atoms with Crippen molar-refractivity contribution in [2.24, 2.45) is 0 Å². The van der Waals surface area contributed by atoms with Crippen molar-refractivity contribution in [2.75, 3.05) is 28.4 Å². The molecule has 4 nitrogen and oxygen atoms in total. The number of para-hydroxylation sites is 2. The zero-order valence-electron chi connectivity index (χ0n) is 12.5. The van der Waals surface area contributed by atoms with Crippen LogP contribution in [0.4, 0.5) is 0 Å². The van der Waals surface area contributed by atoms with Gasteiger partial charge in [0.1, 0.15) is 0 Å². The number of hydrogen-bond donors (Lipinski definition) is 0. The Morgan fingerprint density at radius 1 is 0.850 bits per heavy atom. The van der Waals surface area contributed by atoms with Crippen LogP contribution in [-0.2, 0) is 9.47 Å². The Morgan fingerprint density at radius 3 is 1.70 bits per heavy atom. The van der Waals surface area contributed by atoms with E-state index in [1.807, 2.05) is 48.6 Å². The quantitative estimate of drug-likeness (QED) is 0.793. The third-order valence-electron chi connectivity index (χ3n) is 2.98. The van der Waals surface area contributed by atoms with E-state index in [2.05, 4.69) is 0 Å². The summed E-state index contributed by atoms with van der Waals surface area (Å²) in [6.07, 6.45) is 8.63. The Bertz CT molecular complexity index is 425. The monoisotopic (exact) mass is 278 g/mol. The van der Waals surface area contributed by atoms with Gasteiger partial charge in [-0.15, -0.1) is 0 Å². The molecule has 2 rings (SSSR count). The number of benzene rings is 1. The molecule has 0 aliphatic heterocycles. The van der Waals surface area contributed by atoms with E-state index in [0.29, 0.717) is 0 Å². The fourth-order valence-corrected chi connectivity index (χ4v) is 1.75. The summed E-state index contributed by atoms with van der Waals surface area (Å²) in [5.74, 6) is 1.03. The first-order chi connectivity index (χ1) is 9.71. The highest BCUT2D eigenvalue weighted by molar-refractivity contribution is 5.39. The second-order valence-electron chi connectivity index (χ2n) is 4.07. The molecule has 0 amide bonds. The van der Waals surface area contributed by atoms with Gasteiger partial charge in [-0.3, -0.25) is 0 Å². The van der Waals surface area contributed by atoms with Crippen LogP contribution in [0, 0.1) is 0 Å². The second kappa shape index (κ2) is 8.40. The van der Waals surface area contributed by atoms with Gasteiger partial charge in [-0.05, 0) is 18.2 Å². The van der Waals surface area contributed by atoms with Crippen molar-refractivity contribution in [1.29, 1.82) is 0 Å². The van der Waals surface area contributed by atoms with Gasteiger partial charge in [0, 0.05) is 20.6 Å². The summed E-state index contributed by atoms with van der Waals surface area (Å²) in [6.45, 7) is 0. The number of allylic oxidation sites excluding steroid dienone is 2. The maximum absolute atomic E-state index is 5.17. The molecule has 0 aromatic heterocycles. The molecule has 0 N–H and O–H groups in total. The molecular weight excluding hydrogens is 256 g/mol. The van der Waals surface area contributed by atoms with Crippen molar-refractivity contribution in [2.45, 2.75) is 12.2 Å². The average Bonchev–Trinajstić information content (AvgIpc) is 2.56. The molecule has 0 radical (unpaired) electrons. The van der Waals surface area contributed by atoms with Crippen LogP contribution in [0.15, 0.2) is 48.6 Å². The summed E-state index contributed by atoms with van der Waals surface area (Å²) in [4.78, 5) is 0. The summed E-state index contributed by atoms with van der Waals surface area (Å²) in [5.41, 5.74) is 0. The highest BCUT2D eigenvalue weighted by Gasteiger charge is 2.25. The second-order valence-corrected chi connectivity index (χ2v) is 4.07. The lowest BCUT2D eigenvalue weighted by Gasteiger charge is -2.27. The van der Waals surface area contributed by atoms with Crippen LogP contribution in [-0.4, -0.2) is 34.2 Å². The van der Waals surface area contributed by atoms with E-state index in [1.165, 1.54) is 0 Å². The number of rotatable bonds is 4. The van der Waals surface area contributed by atoms with Gasteiger partial charge in [0.25, 0.3) is 0 Å². The summed E-state index contributed by atoms with van der Waals surface area (Å²) < 4.78 is 20.4. The molecule has 0 saturated carbocycles. The minimum absolute atomic E-state index is 0.505. The van der Waals surface area contributed by atoms with E-state index in [9.17, 15) is 0 Å². The molecule has 1 aliphatic rings. The topological polar surface area (TPSA) is 36.9 Å². The highest BCUT2D eigenvalue weighted by atomic mass is 16.7. The zero-order valence-corrected chi connectivity index (χ0v) is 12.5. The summed E-state index contributed by atoms with van der Waals surface area (Å²) in [6, 6.07) is 7.53. The number of ether oxygens (including phenoxy) is 4. The van der Waals surface area contributed by atoms with Crippen molar-refractivity contribution in [3.8, 4) is 11.5 Å². The maximum Gasteiger partial charge on any atom is 0.190 e. The molecule has 1 aromatic rings. The van der Waals surface area contributed by atoms with Crippen molar-refractivity contribution >= 4 is 0 Å². The molecule has 4 heteroatoms. The minimum atomic E-state index is -0.505. The molecule has 0 bridgehead atoms. The summed E-state index contributed by atoms with van der Waals surface area (Å²) >= 11 is 0. The van der Waals surface area contributed by atoms with Gasteiger partial charge in [-0.25, -0.2) is 0 Å². The van der Waals surface area contributed by atoms with Crippen LogP contribution >= 0.6 is 0 Å². The molecule has 110 valence electrons. The Hall–Kier alpha value is -1.78. The van der Waals surface area contributed by atoms with E-state index in [4.69, 9.17) is 18.9 Å². The lowest BCUT2D eigenvalue weighted by molar-refractivity contribution is -0.167. The first-order valence-electron chi connectivity index (χ1n) is 6.33. The Labute approximate surface area is 120 Å². The molecule has 0 heterocycles. The fraction of sp³-hybridized carbons (Fsp3) is 0.375. The van der Waals surface area contributed by atoms with Gasteiger partial charge in [-0.1, -0.05) is 30.4 Å². The lowest BCUT2D eigenvalue weighted by atomic mass is 10.1. The van der Waals surface area contributed by atoms with E-state index >= 15 is 0 Å². The number of methoxy groups -OCH3 is 4. The Kier molecular flexibility index (Phi) is 6.84. The van der Waals surface area contributed by atoms with Gasteiger partial charge < -0.3 is 18.9 Å². The fourth-order valence-electron chi connectivity index (χ4n) is 1.75. The minimum Gasteiger partial charge on any atom is -0.493 e. The molecular formula is C16H22O4. The normalized spacial score (nSPS) is 15.2. The van der Waals surface area contributed by atoms with Crippen molar-refractivity contribution in [3.63, 3.8) is 0 Å². The largest absolute Gasteiger partial charge is 0.493 e. The summed E-state index contributed by atoms with van der Waals surface area (Å²) in [5, 5.41) is 0. The molecule has 0 unspecified atom stereocenters. The predicted octanol–water partition coefficient (Wildman–Crippen LogP) is 3.20. The van der Waals surface area contributed by atoms with Crippen LogP contribution in [0.2, 0.25) is 0 Å². The molecule has 1 aromatic carbocycles. The van der Waals surface area contributed by atoms with Crippen molar-refractivity contribution < 1.29 is 18.9 Å². The molecule has 0 atom stereocenters. The highest BCUT2D eigenvalue weighted by Crippen LogP contribution is 2.24. The lowest BCUT2D eigenvalue weighted by Crippen LogP contribution is -2.31. The van der Waals surface area contributed by atoms with E-state index < -0.39 is 5.79 Å². The van der Waals surface area contributed by atoms with E-state index in [1.54, 1.807) is 28.4 Å². The standard InChI is InChI=1S/C8H12O2.C8H10O2/c1-9-8(10-2)6-4-3-5-7-8;1-9-7-5-3-4-6-8(7)10-2/h3-6H,7H2,1-2H3;3-6H,1-2H3. The Morgan fingerprint density at radius 2 is 1.40 bits per heavy atom. The molecule has 0 fully saturated rings. The first kappa shape index (κ1) is 16.3. The van der Waals surface area contributed by atoms with Crippen molar-refractivity contribution in [1.82, 2.24) is 0 Å². The van der Waals surface area contributed by atoms with Crippen LogP contribution in [0.3, 0.4) is 0 Å². The SMILES string of the molecule is COC1(OC)C=CC=CC1.COc1ccccc1OC. The van der Waals surface area contributed by atoms with Gasteiger partial charge in [0.05, 0.1) is 14.2 Å². The van der Waals surface area contributed by atoms with Gasteiger partial charge in [0.2, 0.25) is 0 Å². The predicted molar refractivity (Wildman–Crippen MR) is 79.2 cm³/mol. The molecule has 1 aliphatic carbocycles. The van der Waals surface area contributed by atoms with Crippen molar-refractivity contribution in [3.05, 3.63) is 48.6 Å². The maximum atomic E-state index is 5.17. The van der Waals surface area contributed by atoms with Gasteiger partial charge in [-0.2, -0.15) is 0 Å². The third-order valence-corrected chi connectivity index (χ3v) is 2.98.